The lowest BCUT2D eigenvalue weighted by Gasteiger charge is -2.08. The summed E-state index contributed by atoms with van der Waals surface area (Å²) in [7, 11) is 5.51. The summed E-state index contributed by atoms with van der Waals surface area (Å²) in [6.45, 7) is 1.85. The fourth-order valence-corrected chi connectivity index (χ4v) is 3.39. The zero-order chi connectivity index (χ0) is 25.2. The maximum absolute atomic E-state index is 4.29. The summed E-state index contributed by atoms with van der Waals surface area (Å²) in [5.41, 5.74) is 3.72. The molecule has 0 fully saturated rings. The van der Waals surface area contributed by atoms with Crippen LogP contribution in [0, 0.1) is 0 Å². The number of hydrogen-bond acceptors (Lipinski definition) is 9. The van der Waals surface area contributed by atoms with Crippen LogP contribution in [0.25, 0.3) is 0 Å². The number of rotatable bonds is 12. The molecule has 2 heterocycles. The molecule has 0 bridgehead atoms. The first-order chi connectivity index (χ1) is 17.6. The Hall–Kier alpha value is -4.48. The Kier molecular flexibility index (Phi) is 8.41. The molecular weight excluding hydrogens is 456 g/mol. The van der Waals surface area contributed by atoms with Gasteiger partial charge in [0.15, 0.2) is 0 Å². The molecule has 0 atom stereocenters. The lowest BCUT2D eigenvalue weighted by atomic mass is 10.2. The van der Waals surface area contributed by atoms with Gasteiger partial charge in [-0.1, -0.05) is 5.11 Å². The molecule has 0 radical (unpaired) electrons. The van der Waals surface area contributed by atoms with Crippen molar-refractivity contribution in [1.29, 1.82) is 0 Å². The standard InChI is InChI=1S/C24H30N12/c1-34-18-29-36(3)24(34)33-31-22-13-9-20(10-14-22)26-16-6-4-5-15-25-19-7-11-21(12-8-19)30-32-23-27-17-28-35(23)2/h7-14,17-18H,4-6,15-16H2,1-3H3,(H,25,27,28,32)/p+1. The van der Waals surface area contributed by atoms with Gasteiger partial charge in [0.25, 0.3) is 5.95 Å². The van der Waals surface area contributed by atoms with Crippen molar-refractivity contribution in [3.63, 3.8) is 0 Å². The summed E-state index contributed by atoms with van der Waals surface area (Å²) in [5.74, 6) is 1.16. The summed E-state index contributed by atoms with van der Waals surface area (Å²) in [4.78, 5) is 4.02. The summed E-state index contributed by atoms with van der Waals surface area (Å²) in [6.07, 6.45) is 6.49. The van der Waals surface area contributed by atoms with Crippen LogP contribution < -0.4 is 15.2 Å². The minimum atomic E-state index is 0.473. The van der Waals surface area contributed by atoms with Gasteiger partial charge in [0.2, 0.25) is 6.33 Å². The summed E-state index contributed by atoms with van der Waals surface area (Å²) in [6, 6.07) is 15.8. The highest BCUT2D eigenvalue weighted by Crippen LogP contribution is 2.20. The number of benzene rings is 2. The van der Waals surface area contributed by atoms with Crippen LogP contribution in [-0.4, -0.2) is 37.6 Å². The molecule has 0 amide bonds. The van der Waals surface area contributed by atoms with E-state index in [1.54, 1.807) is 22.7 Å². The van der Waals surface area contributed by atoms with Crippen molar-refractivity contribution in [2.45, 2.75) is 19.3 Å². The molecule has 186 valence electrons. The lowest BCUT2D eigenvalue weighted by Crippen LogP contribution is -2.25. The Morgan fingerprint density at radius 1 is 0.722 bits per heavy atom. The molecule has 2 aromatic heterocycles. The minimum absolute atomic E-state index is 0.473. The van der Waals surface area contributed by atoms with Crippen LogP contribution in [0.4, 0.5) is 34.6 Å². The molecule has 0 aliphatic heterocycles. The number of aryl methyl sites for hydroxylation is 3. The molecule has 0 aliphatic carbocycles. The molecule has 4 rings (SSSR count). The summed E-state index contributed by atoms with van der Waals surface area (Å²) >= 11 is 0. The molecule has 2 N–H and O–H groups in total. The second-order valence-corrected chi connectivity index (χ2v) is 8.26. The van der Waals surface area contributed by atoms with E-state index in [9.17, 15) is 0 Å². The number of hydrogen-bond donors (Lipinski definition) is 2. The van der Waals surface area contributed by atoms with E-state index >= 15 is 0 Å². The highest BCUT2D eigenvalue weighted by atomic mass is 15.4. The third-order valence-electron chi connectivity index (χ3n) is 5.45. The third kappa shape index (κ3) is 7.01. The smallest absolute Gasteiger partial charge is 0.385 e. The van der Waals surface area contributed by atoms with E-state index in [0.717, 1.165) is 55.1 Å². The highest BCUT2D eigenvalue weighted by molar-refractivity contribution is 5.51. The van der Waals surface area contributed by atoms with Crippen LogP contribution in [0.3, 0.4) is 0 Å². The predicted octanol–water partition coefficient (Wildman–Crippen LogP) is 4.90. The molecular formula is C24H31N12+. The van der Waals surface area contributed by atoms with E-state index in [0.29, 0.717) is 11.9 Å². The van der Waals surface area contributed by atoms with Crippen molar-refractivity contribution in [3.8, 4) is 0 Å². The Morgan fingerprint density at radius 2 is 1.31 bits per heavy atom. The molecule has 0 spiro atoms. The van der Waals surface area contributed by atoms with E-state index in [2.05, 4.69) is 46.3 Å². The average molecular weight is 488 g/mol. The largest absolute Gasteiger partial charge is 0.403 e. The second kappa shape index (κ2) is 12.3. The Labute approximate surface area is 209 Å². The molecule has 0 aliphatic rings. The molecule has 0 saturated carbocycles. The molecule has 36 heavy (non-hydrogen) atoms. The van der Waals surface area contributed by atoms with Crippen molar-refractivity contribution in [2.75, 3.05) is 23.7 Å². The van der Waals surface area contributed by atoms with E-state index in [4.69, 9.17) is 0 Å². The van der Waals surface area contributed by atoms with Gasteiger partial charge < -0.3 is 10.6 Å². The predicted molar refractivity (Wildman–Crippen MR) is 137 cm³/mol. The van der Waals surface area contributed by atoms with Crippen molar-refractivity contribution >= 4 is 34.6 Å². The van der Waals surface area contributed by atoms with Gasteiger partial charge in [-0.25, -0.2) is 9.25 Å². The Bertz CT molecular complexity index is 1270. The number of nitrogens with one attached hydrogen (secondary N) is 2. The van der Waals surface area contributed by atoms with Crippen molar-refractivity contribution < 1.29 is 4.57 Å². The summed E-state index contributed by atoms with van der Waals surface area (Å²) < 4.78 is 5.08. The van der Waals surface area contributed by atoms with Crippen LogP contribution >= 0.6 is 0 Å². The zero-order valence-corrected chi connectivity index (χ0v) is 20.8. The summed E-state index contributed by atoms with van der Waals surface area (Å²) in [5, 5.41) is 31.9. The number of aromatic nitrogens is 6. The minimum Gasteiger partial charge on any atom is -0.385 e. The van der Waals surface area contributed by atoms with Crippen LogP contribution in [0.2, 0.25) is 0 Å². The van der Waals surface area contributed by atoms with Gasteiger partial charge in [-0.15, -0.1) is 14.9 Å². The second-order valence-electron chi connectivity index (χ2n) is 8.26. The third-order valence-corrected chi connectivity index (χ3v) is 5.45. The van der Waals surface area contributed by atoms with Crippen LogP contribution in [0.15, 0.2) is 81.6 Å². The van der Waals surface area contributed by atoms with Gasteiger partial charge in [0.1, 0.15) is 6.33 Å². The first-order valence-corrected chi connectivity index (χ1v) is 11.8. The average Bonchev–Trinajstić information content (AvgIpc) is 3.45. The van der Waals surface area contributed by atoms with Crippen LogP contribution in [-0.2, 0) is 21.1 Å². The zero-order valence-electron chi connectivity index (χ0n) is 20.8. The highest BCUT2D eigenvalue weighted by Gasteiger charge is 2.11. The van der Waals surface area contributed by atoms with Gasteiger partial charge in [-0.05, 0) is 72.9 Å². The molecule has 0 saturated heterocycles. The normalized spacial score (nSPS) is 11.5. The fourth-order valence-electron chi connectivity index (χ4n) is 3.39. The van der Waals surface area contributed by atoms with Gasteiger partial charge in [-0.2, -0.15) is 10.1 Å². The first kappa shape index (κ1) is 24.6. The maximum Gasteiger partial charge on any atom is 0.403 e. The van der Waals surface area contributed by atoms with Crippen LogP contribution in [0.5, 0.6) is 0 Å². The van der Waals surface area contributed by atoms with Gasteiger partial charge in [-0.3, -0.25) is 0 Å². The van der Waals surface area contributed by atoms with E-state index in [1.807, 2.05) is 67.2 Å². The van der Waals surface area contributed by atoms with E-state index < -0.39 is 0 Å². The monoisotopic (exact) mass is 487 g/mol. The van der Waals surface area contributed by atoms with Crippen molar-refractivity contribution in [2.24, 2.45) is 41.6 Å². The topological polar surface area (TPSA) is 126 Å². The molecule has 4 aromatic rings. The number of anilines is 2. The number of azo groups is 2. The van der Waals surface area contributed by atoms with Crippen molar-refractivity contribution in [3.05, 3.63) is 61.2 Å². The lowest BCUT2D eigenvalue weighted by molar-refractivity contribution is -0.659. The van der Waals surface area contributed by atoms with Gasteiger partial charge in [0, 0.05) is 36.6 Å². The molecule has 0 unspecified atom stereocenters. The maximum atomic E-state index is 4.29. The van der Waals surface area contributed by atoms with Crippen LogP contribution in [0.1, 0.15) is 19.3 Å². The molecule has 12 heteroatoms. The van der Waals surface area contributed by atoms with E-state index in [1.165, 1.54) is 6.33 Å². The molecule has 12 nitrogen and oxygen atoms in total. The van der Waals surface area contributed by atoms with Gasteiger partial charge >= 0.3 is 5.95 Å². The fraction of sp³-hybridized carbons (Fsp3) is 0.333. The Morgan fingerprint density at radius 3 is 1.81 bits per heavy atom. The quantitative estimate of drug-likeness (QED) is 0.167. The molecule has 2 aromatic carbocycles. The first-order valence-electron chi connectivity index (χ1n) is 11.8. The number of nitrogens with zero attached hydrogens (tertiary/aromatic N) is 10. The van der Waals surface area contributed by atoms with Crippen molar-refractivity contribution in [1.82, 2.24) is 24.5 Å². The number of unbranched alkanes of at least 4 members (excludes halogenated alkanes) is 2. The van der Waals surface area contributed by atoms with Gasteiger partial charge in [0.05, 0.1) is 25.5 Å². The Balaban J connectivity index is 1.10. The van der Waals surface area contributed by atoms with E-state index in [-0.39, 0.29) is 0 Å². The SMILES string of the molecule is Cn1ncnc1N=Nc1ccc(NCCCCCNc2ccc(N=Nc3n(C)nc[n+]3C)cc2)cc1.